The lowest BCUT2D eigenvalue weighted by Crippen LogP contribution is -2.62. The topological polar surface area (TPSA) is 118 Å². The Morgan fingerprint density at radius 2 is 1.74 bits per heavy atom. The highest BCUT2D eigenvalue weighted by Gasteiger charge is 2.65. The number of likely N-dealkylation sites (N-methyl/N-ethyl adjacent to an activating group) is 1. The van der Waals surface area contributed by atoms with Gasteiger partial charge in [0.05, 0.1) is 18.3 Å². The number of hydrogen-bond acceptors (Lipinski definition) is 5. The minimum absolute atomic E-state index is 0.0658. The van der Waals surface area contributed by atoms with E-state index in [0.717, 1.165) is 38.5 Å². The second-order valence-electron chi connectivity index (χ2n) is 12.7. The molecule has 0 aromatic rings. The minimum atomic E-state index is -1.01. The standard InChI is InChI=1S/C27H45NO6/c1-15(5-8-23(32)28(4)14-24(33)34)18-6-7-19-25-20(13-22(31)27(18,19)3)26(2)10-9-17(29)11-16(26)12-21(25)30/h15-22,25,29-31H,5-14H2,1-4H3,(H,33,34)/t15?,16?,17-,18-,19?,20?,21-,22+,25?,26+,27-/m1/s1. The van der Waals surface area contributed by atoms with Gasteiger partial charge in [0.25, 0.3) is 0 Å². The Hall–Kier alpha value is -1.18. The molecule has 0 aromatic heterocycles. The first-order chi connectivity index (χ1) is 15.9. The number of nitrogens with zero attached hydrogens (tertiary/aromatic N) is 1. The Bertz CT molecular complexity index is 789. The molecule has 4 N–H and O–H groups in total. The van der Waals surface area contributed by atoms with E-state index in [1.807, 2.05) is 0 Å². The van der Waals surface area contributed by atoms with Crippen LogP contribution in [0.25, 0.3) is 0 Å². The van der Waals surface area contributed by atoms with Crippen LogP contribution in [0.4, 0.5) is 0 Å². The molecule has 0 radical (unpaired) electrons. The first-order valence-electron chi connectivity index (χ1n) is 13.4. The smallest absolute Gasteiger partial charge is 0.323 e. The van der Waals surface area contributed by atoms with Crippen molar-refractivity contribution >= 4 is 11.9 Å². The van der Waals surface area contributed by atoms with Crippen molar-refractivity contribution in [2.75, 3.05) is 13.6 Å². The summed E-state index contributed by atoms with van der Waals surface area (Å²) in [6, 6.07) is 0. The Kier molecular flexibility index (Phi) is 7.13. The molecule has 0 aliphatic heterocycles. The molecule has 194 valence electrons. The number of carbonyl (C=O) groups is 2. The summed E-state index contributed by atoms with van der Waals surface area (Å²) in [5.74, 6) is 0.387. The SMILES string of the molecule is CC(CCC(=O)N(C)CC(=O)O)[C@H]1CCC2C3C(C[C@H](O)[C@@]21C)[C@@]1(C)CC[C@@H](O)CC1C[C@H]3O. The summed E-state index contributed by atoms with van der Waals surface area (Å²) in [5.41, 5.74) is -0.217. The number of fused-ring (bicyclic) bond motifs is 5. The second kappa shape index (κ2) is 9.36. The fourth-order valence-corrected chi connectivity index (χ4v) is 9.17. The molecule has 4 fully saturated rings. The Morgan fingerprint density at radius 3 is 2.41 bits per heavy atom. The van der Waals surface area contributed by atoms with Crippen LogP contribution in [-0.2, 0) is 9.59 Å². The van der Waals surface area contributed by atoms with Gasteiger partial charge in [0.1, 0.15) is 6.54 Å². The quantitative estimate of drug-likeness (QED) is 0.465. The summed E-state index contributed by atoms with van der Waals surface area (Å²) >= 11 is 0. The molecule has 0 bridgehead atoms. The van der Waals surface area contributed by atoms with Gasteiger partial charge >= 0.3 is 5.97 Å². The minimum Gasteiger partial charge on any atom is -0.480 e. The van der Waals surface area contributed by atoms with Gasteiger partial charge in [-0.15, -0.1) is 0 Å². The first kappa shape index (κ1) is 25.9. The van der Waals surface area contributed by atoms with Gasteiger partial charge in [-0.3, -0.25) is 9.59 Å². The van der Waals surface area contributed by atoms with Crippen molar-refractivity contribution in [2.24, 2.45) is 46.3 Å². The van der Waals surface area contributed by atoms with E-state index in [1.54, 1.807) is 0 Å². The van der Waals surface area contributed by atoms with E-state index < -0.39 is 12.1 Å². The number of aliphatic hydroxyl groups is 3. The fraction of sp³-hybridized carbons (Fsp3) is 0.926. The molecule has 7 nitrogen and oxygen atoms in total. The van der Waals surface area contributed by atoms with Crippen LogP contribution in [0.3, 0.4) is 0 Å². The van der Waals surface area contributed by atoms with E-state index in [-0.39, 0.29) is 65.1 Å². The molecular formula is C27H45NO6. The van der Waals surface area contributed by atoms with Crippen LogP contribution < -0.4 is 0 Å². The fourth-order valence-electron chi connectivity index (χ4n) is 9.17. The van der Waals surface area contributed by atoms with E-state index in [4.69, 9.17) is 5.11 Å². The highest BCUT2D eigenvalue weighted by atomic mass is 16.4. The number of carbonyl (C=O) groups excluding carboxylic acids is 1. The van der Waals surface area contributed by atoms with Gasteiger partial charge in [0.15, 0.2) is 0 Å². The first-order valence-corrected chi connectivity index (χ1v) is 13.4. The summed E-state index contributed by atoms with van der Waals surface area (Å²) in [7, 11) is 1.53. The van der Waals surface area contributed by atoms with E-state index in [0.29, 0.717) is 25.2 Å². The molecule has 5 unspecified atom stereocenters. The third-order valence-electron chi connectivity index (χ3n) is 11.1. The monoisotopic (exact) mass is 479 g/mol. The van der Waals surface area contributed by atoms with Crippen molar-refractivity contribution in [1.82, 2.24) is 4.90 Å². The van der Waals surface area contributed by atoms with Crippen molar-refractivity contribution in [3.8, 4) is 0 Å². The lowest BCUT2D eigenvalue weighted by atomic mass is 9.43. The number of carboxylic acid groups (broad SMARTS) is 1. The molecule has 11 atom stereocenters. The molecular weight excluding hydrogens is 434 g/mol. The number of amides is 1. The zero-order chi connectivity index (χ0) is 25.0. The molecule has 4 aliphatic rings. The molecule has 4 saturated carbocycles. The lowest BCUT2D eigenvalue weighted by molar-refractivity contribution is -0.207. The zero-order valence-electron chi connectivity index (χ0n) is 21.3. The van der Waals surface area contributed by atoms with Gasteiger partial charge < -0.3 is 25.3 Å². The van der Waals surface area contributed by atoms with Crippen LogP contribution in [-0.4, -0.2) is 69.1 Å². The average molecular weight is 480 g/mol. The van der Waals surface area contributed by atoms with Gasteiger partial charge in [-0.05, 0) is 97.7 Å². The zero-order valence-corrected chi connectivity index (χ0v) is 21.3. The third-order valence-corrected chi connectivity index (χ3v) is 11.1. The van der Waals surface area contributed by atoms with E-state index in [9.17, 15) is 24.9 Å². The van der Waals surface area contributed by atoms with Gasteiger partial charge in [-0.25, -0.2) is 0 Å². The summed E-state index contributed by atoms with van der Waals surface area (Å²) in [5, 5.41) is 42.2. The number of aliphatic carboxylic acids is 1. The highest BCUT2D eigenvalue weighted by Crippen LogP contribution is 2.68. The number of rotatable bonds is 6. The Morgan fingerprint density at radius 1 is 1.03 bits per heavy atom. The predicted molar refractivity (Wildman–Crippen MR) is 128 cm³/mol. The summed E-state index contributed by atoms with van der Waals surface area (Å²) in [6.45, 7) is 6.44. The van der Waals surface area contributed by atoms with Gasteiger partial charge in [-0.2, -0.15) is 0 Å². The predicted octanol–water partition coefficient (Wildman–Crippen LogP) is 2.91. The van der Waals surface area contributed by atoms with E-state index >= 15 is 0 Å². The van der Waals surface area contributed by atoms with Gasteiger partial charge in [0, 0.05) is 13.5 Å². The maximum Gasteiger partial charge on any atom is 0.323 e. The maximum absolute atomic E-state index is 12.4. The molecule has 4 aliphatic carbocycles. The highest BCUT2D eigenvalue weighted by molar-refractivity contribution is 5.80. The van der Waals surface area contributed by atoms with E-state index in [2.05, 4.69) is 20.8 Å². The summed E-state index contributed by atoms with van der Waals surface area (Å²) in [4.78, 5) is 24.6. The molecule has 0 aromatic carbocycles. The molecule has 1 amide bonds. The van der Waals surface area contributed by atoms with Crippen molar-refractivity contribution in [1.29, 1.82) is 0 Å². The summed E-state index contributed by atoms with van der Waals surface area (Å²) in [6.07, 6.45) is 5.90. The van der Waals surface area contributed by atoms with Crippen molar-refractivity contribution < 1.29 is 30.0 Å². The summed E-state index contributed by atoms with van der Waals surface area (Å²) < 4.78 is 0. The lowest BCUT2D eigenvalue weighted by Gasteiger charge is -2.63. The average Bonchev–Trinajstić information content (AvgIpc) is 3.12. The van der Waals surface area contributed by atoms with Gasteiger partial charge in [-0.1, -0.05) is 20.8 Å². The van der Waals surface area contributed by atoms with Crippen LogP contribution >= 0.6 is 0 Å². The van der Waals surface area contributed by atoms with Crippen molar-refractivity contribution in [3.05, 3.63) is 0 Å². The van der Waals surface area contributed by atoms with Crippen LogP contribution in [0.5, 0.6) is 0 Å². The Balaban J connectivity index is 1.49. The molecule has 7 heteroatoms. The normalized spacial score (nSPS) is 46.7. The number of aliphatic hydroxyl groups excluding tert-OH is 3. The van der Waals surface area contributed by atoms with Crippen LogP contribution in [0.2, 0.25) is 0 Å². The molecule has 34 heavy (non-hydrogen) atoms. The Labute approximate surface area is 203 Å². The molecule has 0 saturated heterocycles. The van der Waals surface area contributed by atoms with Crippen LogP contribution in [0.1, 0.15) is 78.6 Å². The largest absolute Gasteiger partial charge is 0.480 e. The molecule has 0 spiro atoms. The van der Waals surface area contributed by atoms with Crippen LogP contribution in [0, 0.1) is 46.3 Å². The molecule has 0 heterocycles. The van der Waals surface area contributed by atoms with Crippen LogP contribution in [0.15, 0.2) is 0 Å². The molecule has 4 rings (SSSR count). The third kappa shape index (κ3) is 4.20. The van der Waals surface area contributed by atoms with Crippen molar-refractivity contribution in [2.45, 2.75) is 96.9 Å². The van der Waals surface area contributed by atoms with Gasteiger partial charge in [0.2, 0.25) is 5.91 Å². The van der Waals surface area contributed by atoms with E-state index in [1.165, 1.54) is 11.9 Å². The second-order valence-corrected chi connectivity index (χ2v) is 12.7. The maximum atomic E-state index is 12.4. The number of hydrogen-bond donors (Lipinski definition) is 4. The van der Waals surface area contributed by atoms with Crippen molar-refractivity contribution in [3.63, 3.8) is 0 Å². The number of carboxylic acids is 1.